The Morgan fingerprint density at radius 1 is 0.731 bits per heavy atom. The monoisotopic (exact) mass is 724 g/mol. The summed E-state index contributed by atoms with van der Waals surface area (Å²) in [5, 5.41) is 0.467. The van der Waals surface area contributed by atoms with Crippen molar-refractivity contribution in [2.24, 2.45) is 0 Å². The van der Waals surface area contributed by atoms with Gasteiger partial charge in [0.05, 0.1) is 26.4 Å². The number of benzene rings is 5. The molecule has 1 unspecified atom stereocenters. The van der Waals surface area contributed by atoms with Gasteiger partial charge in [-0.15, -0.1) is 0 Å². The van der Waals surface area contributed by atoms with Crippen LogP contribution in [0.3, 0.4) is 0 Å². The lowest BCUT2D eigenvalue weighted by Crippen LogP contribution is -2.65. The molecule has 1 fully saturated rings. The number of rotatable bonds is 16. The minimum absolute atomic E-state index is 0.184. The number of hydrogen-bond acceptors (Lipinski definition) is 7. The maximum atomic E-state index is 14.9. The fourth-order valence-corrected chi connectivity index (χ4v) is 6.66. The van der Waals surface area contributed by atoms with Crippen LogP contribution in [0.15, 0.2) is 127 Å². The zero-order chi connectivity index (χ0) is 36.3. The van der Waals surface area contributed by atoms with E-state index in [4.69, 9.17) is 40.0 Å². The third kappa shape index (κ3) is 8.78. The van der Waals surface area contributed by atoms with Crippen molar-refractivity contribution >= 4 is 17.9 Å². The first-order valence-electron chi connectivity index (χ1n) is 17.3. The first-order chi connectivity index (χ1) is 25.4. The minimum atomic E-state index is -1.66. The van der Waals surface area contributed by atoms with Gasteiger partial charge >= 0.3 is 0 Å². The van der Waals surface area contributed by atoms with Crippen molar-refractivity contribution in [2.45, 2.75) is 63.4 Å². The predicted octanol–water partition coefficient (Wildman–Crippen LogP) is 8.62. The van der Waals surface area contributed by atoms with E-state index in [0.29, 0.717) is 34.7 Å². The van der Waals surface area contributed by atoms with Crippen LogP contribution in [0.4, 0.5) is 4.39 Å². The zero-order valence-electron chi connectivity index (χ0n) is 29.2. The van der Waals surface area contributed by atoms with Crippen LogP contribution in [-0.2, 0) is 60.5 Å². The standard InChI is InChI=1S/C43H42ClFO7/c1-3-48-38-22-19-33(24-37(38)45)23-34-25-35(20-21-36(34)44)43(47-2)42(51-29-32-17-11-6-12-18-32)41(50-28-31-15-9-5-10-16-31)40(39(26-46)52-43)49-27-30-13-7-4-8-14-30/h4-22,24-26,39-42H,3,23,27-29H2,1-2H3/t39-,40-,41?,42-,43+/m1/s1. The van der Waals surface area contributed by atoms with Crippen molar-refractivity contribution in [1.29, 1.82) is 0 Å². The molecule has 7 nitrogen and oxygen atoms in total. The Hall–Kier alpha value is -4.41. The average Bonchev–Trinajstić information content (AvgIpc) is 3.18. The molecule has 0 N–H and O–H groups in total. The van der Waals surface area contributed by atoms with Crippen LogP contribution in [0.5, 0.6) is 5.75 Å². The van der Waals surface area contributed by atoms with Gasteiger partial charge in [0, 0.05) is 17.7 Å². The van der Waals surface area contributed by atoms with Crippen LogP contribution in [0, 0.1) is 5.82 Å². The molecule has 270 valence electrons. The lowest BCUT2D eigenvalue weighted by molar-refractivity contribution is -0.373. The second kappa shape index (κ2) is 17.9. The Morgan fingerprint density at radius 3 is 1.85 bits per heavy atom. The summed E-state index contributed by atoms with van der Waals surface area (Å²) in [6.07, 6.45) is -2.76. The van der Waals surface area contributed by atoms with Crippen LogP contribution >= 0.6 is 11.6 Å². The van der Waals surface area contributed by atoms with E-state index in [1.54, 1.807) is 31.2 Å². The highest BCUT2D eigenvalue weighted by molar-refractivity contribution is 6.31. The van der Waals surface area contributed by atoms with Gasteiger partial charge in [0.2, 0.25) is 5.79 Å². The van der Waals surface area contributed by atoms with Crippen molar-refractivity contribution in [3.05, 3.63) is 172 Å². The number of aldehydes is 1. The van der Waals surface area contributed by atoms with E-state index >= 15 is 0 Å². The summed E-state index contributed by atoms with van der Waals surface area (Å²) < 4.78 is 53.3. The molecule has 9 heteroatoms. The molecule has 0 bridgehead atoms. The van der Waals surface area contributed by atoms with E-state index in [2.05, 4.69) is 0 Å². The molecule has 0 aromatic heterocycles. The summed E-state index contributed by atoms with van der Waals surface area (Å²) in [7, 11) is 1.51. The molecule has 0 radical (unpaired) electrons. The molecule has 0 spiro atoms. The number of carbonyl (C=O) groups is 1. The van der Waals surface area contributed by atoms with Crippen molar-refractivity contribution < 1.29 is 37.6 Å². The molecule has 0 aliphatic carbocycles. The first kappa shape index (κ1) is 37.4. The van der Waals surface area contributed by atoms with Gasteiger partial charge in [-0.1, -0.05) is 115 Å². The lowest BCUT2D eigenvalue weighted by Gasteiger charge is -2.51. The lowest BCUT2D eigenvalue weighted by atomic mass is 9.86. The van der Waals surface area contributed by atoms with Crippen LogP contribution in [0.25, 0.3) is 0 Å². The summed E-state index contributed by atoms with van der Waals surface area (Å²) in [5.41, 5.74) is 4.70. The number of ether oxygens (including phenoxy) is 6. The third-order valence-electron chi connectivity index (χ3n) is 9.05. The molecule has 0 amide bonds. The Balaban J connectivity index is 1.41. The van der Waals surface area contributed by atoms with Crippen LogP contribution in [-0.4, -0.2) is 44.4 Å². The van der Waals surface area contributed by atoms with E-state index in [9.17, 15) is 9.18 Å². The molecular weight excluding hydrogens is 683 g/mol. The third-order valence-corrected chi connectivity index (χ3v) is 9.42. The molecule has 1 aliphatic heterocycles. The number of hydrogen-bond donors (Lipinski definition) is 0. The van der Waals surface area contributed by atoms with Gasteiger partial charge in [0.15, 0.2) is 17.9 Å². The highest BCUT2D eigenvalue weighted by Gasteiger charge is 2.58. The smallest absolute Gasteiger partial charge is 0.225 e. The number of methoxy groups -OCH3 is 1. The average molecular weight is 725 g/mol. The van der Waals surface area contributed by atoms with Gasteiger partial charge in [-0.3, -0.25) is 0 Å². The van der Waals surface area contributed by atoms with E-state index in [1.165, 1.54) is 13.2 Å². The molecule has 5 aromatic rings. The highest BCUT2D eigenvalue weighted by atomic mass is 35.5. The van der Waals surface area contributed by atoms with Crippen molar-refractivity contribution in [2.75, 3.05) is 13.7 Å². The van der Waals surface area contributed by atoms with Crippen LogP contribution in [0.2, 0.25) is 5.02 Å². The van der Waals surface area contributed by atoms with Crippen LogP contribution in [0.1, 0.15) is 40.3 Å². The Labute approximate surface area is 309 Å². The summed E-state index contributed by atoms with van der Waals surface area (Å²) in [4.78, 5) is 13.0. The molecule has 0 saturated carbocycles. The van der Waals surface area contributed by atoms with Gasteiger partial charge in [0.25, 0.3) is 0 Å². The minimum Gasteiger partial charge on any atom is -0.491 e. The largest absolute Gasteiger partial charge is 0.491 e. The highest BCUT2D eigenvalue weighted by Crippen LogP contribution is 2.44. The SMILES string of the molecule is CCOc1ccc(Cc2cc([C@]3(OC)O[C@H](C=O)[C@@H](OCc4ccccc4)C(OCc4ccccc4)[C@H]3OCc3ccccc3)ccc2Cl)cc1F. The molecule has 5 aromatic carbocycles. The summed E-state index contributed by atoms with van der Waals surface area (Å²) >= 11 is 6.76. The maximum Gasteiger partial charge on any atom is 0.225 e. The normalized spacial score (nSPS) is 21.5. The number of carbonyl (C=O) groups excluding carboxylic acids is 1. The van der Waals surface area contributed by atoms with E-state index < -0.39 is 36.0 Å². The quantitative estimate of drug-likeness (QED) is 0.0944. The Bertz CT molecular complexity index is 1880. The maximum absolute atomic E-state index is 14.9. The van der Waals surface area contributed by atoms with Crippen molar-refractivity contribution in [3.8, 4) is 5.75 Å². The fourth-order valence-electron chi connectivity index (χ4n) is 6.48. The van der Waals surface area contributed by atoms with Crippen LogP contribution < -0.4 is 4.74 Å². The molecule has 1 saturated heterocycles. The first-order valence-corrected chi connectivity index (χ1v) is 17.7. The second-order valence-corrected chi connectivity index (χ2v) is 12.9. The molecule has 5 atom stereocenters. The van der Waals surface area contributed by atoms with Crippen molar-refractivity contribution in [3.63, 3.8) is 0 Å². The van der Waals surface area contributed by atoms with Gasteiger partial charge in [-0.2, -0.15) is 0 Å². The Morgan fingerprint density at radius 2 is 1.31 bits per heavy atom. The van der Waals surface area contributed by atoms with Crippen molar-refractivity contribution in [1.82, 2.24) is 0 Å². The summed E-state index contributed by atoms with van der Waals surface area (Å²) in [6.45, 7) is 2.77. The summed E-state index contributed by atoms with van der Waals surface area (Å²) in [6, 6.07) is 39.4. The predicted molar refractivity (Wildman–Crippen MR) is 197 cm³/mol. The van der Waals surface area contributed by atoms with E-state index in [-0.39, 0.29) is 25.6 Å². The topological polar surface area (TPSA) is 72.5 Å². The van der Waals surface area contributed by atoms with Gasteiger partial charge in [-0.05, 0) is 65.4 Å². The fraction of sp³-hybridized carbons (Fsp3) is 0.279. The molecule has 6 rings (SSSR count). The van der Waals surface area contributed by atoms with E-state index in [1.807, 2.05) is 97.1 Å². The Kier molecular flexibility index (Phi) is 12.8. The number of halogens is 2. The zero-order valence-corrected chi connectivity index (χ0v) is 29.9. The van der Waals surface area contributed by atoms with Gasteiger partial charge < -0.3 is 33.2 Å². The summed E-state index contributed by atoms with van der Waals surface area (Å²) in [5.74, 6) is -1.93. The molecule has 52 heavy (non-hydrogen) atoms. The molecule has 1 aliphatic rings. The second-order valence-electron chi connectivity index (χ2n) is 12.5. The van der Waals surface area contributed by atoms with E-state index in [0.717, 1.165) is 23.0 Å². The molecule has 1 heterocycles. The van der Waals surface area contributed by atoms with Gasteiger partial charge in [-0.25, -0.2) is 4.39 Å². The van der Waals surface area contributed by atoms with Gasteiger partial charge in [0.1, 0.15) is 24.4 Å². The molecular formula is C43H42ClFO7.